The van der Waals surface area contributed by atoms with Gasteiger partial charge in [0.25, 0.3) is 5.91 Å². The number of para-hydroxylation sites is 1. The molecule has 0 unspecified atom stereocenters. The zero-order chi connectivity index (χ0) is 22.9. The highest BCUT2D eigenvalue weighted by molar-refractivity contribution is 7.89. The number of sulfonamides is 1. The molecule has 9 heteroatoms. The molecule has 32 heavy (non-hydrogen) atoms. The molecule has 2 heterocycles. The molecule has 1 amide bonds. The van der Waals surface area contributed by atoms with Crippen LogP contribution in [0.4, 0.5) is 10.2 Å². The number of benzene rings is 2. The zero-order valence-electron chi connectivity index (χ0n) is 18.0. The van der Waals surface area contributed by atoms with E-state index in [-0.39, 0.29) is 16.1 Å². The van der Waals surface area contributed by atoms with Gasteiger partial charge in [-0.3, -0.25) is 4.79 Å². The number of hydrogen-bond acceptors (Lipinski definition) is 4. The normalized spacial score (nSPS) is 15.0. The van der Waals surface area contributed by atoms with Crippen molar-refractivity contribution in [1.29, 1.82) is 0 Å². The van der Waals surface area contributed by atoms with E-state index in [1.54, 1.807) is 44.2 Å². The largest absolute Gasteiger partial charge is 0.306 e. The number of aryl methyl sites for hydroxylation is 2. The van der Waals surface area contributed by atoms with Gasteiger partial charge in [-0.05, 0) is 56.5 Å². The van der Waals surface area contributed by atoms with Crippen LogP contribution < -0.4 is 5.32 Å². The number of hydrogen-bond donors (Lipinski definition) is 1. The average molecular weight is 457 g/mol. The summed E-state index contributed by atoms with van der Waals surface area (Å²) >= 11 is 0. The molecule has 0 spiro atoms. The summed E-state index contributed by atoms with van der Waals surface area (Å²) in [6, 6.07) is 12.3. The van der Waals surface area contributed by atoms with Crippen LogP contribution in [0.2, 0.25) is 0 Å². The van der Waals surface area contributed by atoms with Crippen LogP contribution in [-0.2, 0) is 10.0 Å². The van der Waals surface area contributed by atoms with Crippen LogP contribution in [0.15, 0.2) is 53.4 Å². The molecular formula is C23H25FN4O3S. The van der Waals surface area contributed by atoms with Gasteiger partial charge in [0.15, 0.2) is 0 Å². The van der Waals surface area contributed by atoms with E-state index in [1.807, 2.05) is 0 Å². The summed E-state index contributed by atoms with van der Waals surface area (Å²) in [6.45, 7) is 4.45. The van der Waals surface area contributed by atoms with Crippen LogP contribution in [0, 0.1) is 19.7 Å². The van der Waals surface area contributed by atoms with E-state index in [0.29, 0.717) is 30.2 Å². The first kappa shape index (κ1) is 22.2. The molecule has 1 N–H and O–H groups in total. The van der Waals surface area contributed by atoms with Crippen LogP contribution in [0.25, 0.3) is 5.69 Å². The molecule has 1 aliphatic heterocycles. The SMILES string of the molecule is Cc1cc(NC(=O)c2cc(S(=O)(=O)N3CCCCC3)ccc2C)n(-c2ccccc2F)n1. The van der Waals surface area contributed by atoms with Crippen LogP contribution in [0.1, 0.15) is 40.9 Å². The Bertz CT molecular complexity index is 1260. The maximum Gasteiger partial charge on any atom is 0.257 e. The fourth-order valence-corrected chi connectivity index (χ4v) is 5.38. The molecule has 0 aliphatic carbocycles. The predicted molar refractivity (Wildman–Crippen MR) is 120 cm³/mol. The van der Waals surface area contributed by atoms with E-state index in [1.165, 1.54) is 27.2 Å². The van der Waals surface area contributed by atoms with Crippen molar-refractivity contribution in [3.05, 3.63) is 71.2 Å². The molecule has 2 aromatic carbocycles. The van der Waals surface area contributed by atoms with Crippen LogP contribution >= 0.6 is 0 Å². The summed E-state index contributed by atoms with van der Waals surface area (Å²) < 4.78 is 43.2. The van der Waals surface area contributed by atoms with Gasteiger partial charge in [0.1, 0.15) is 17.3 Å². The first-order valence-corrected chi connectivity index (χ1v) is 11.9. The molecule has 1 saturated heterocycles. The molecule has 1 aromatic heterocycles. The third-order valence-electron chi connectivity index (χ3n) is 5.56. The van der Waals surface area contributed by atoms with E-state index < -0.39 is 21.7 Å². The Balaban J connectivity index is 1.65. The van der Waals surface area contributed by atoms with Crippen LogP contribution in [-0.4, -0.2) is 41.5 Å². The standard InChI is InChI=1S/C23H25FN4O3S/c1-16-10-11-18(32(30,31)27-12-6-3-7-13-27)15-19(16)23(29)25-22-14-17(2)26-28(22)21-9-5-4-8-20(21)24/h4-5,8-11,14-15H,3,6-7,12-13H2,1-2H3,(H,25,29). The molecule has 0 bridgehead atoms. The molecule has 168 valence electrons. The maximum atomic E-state index is 14.3. The highest BCUT2D eigenvalue weighted by atomic mass is 32.2. The molecule has 0 atom stereocenters. The Kier molecular flexibility index (Phi) is 6.12. The summed E-state index contributed by atoms with van der Waals surface area (Å²) in [7, 11) is -3.67. The van der Waals surface area contributed by atoms with Crippen molar-refractivity contribution in [2.24, 2.45) is 0 Å². The van der Waals surface area contributed by atoms with Gasteiger partial charge in [-0.15, -0.1) is 0 Å². The average Bonchev–Trinajstić information content (AvgIpc) is 3.14. The second kappa shape index (κ2) is 8.84. The van der Waals surface area contributed by atoms with Gasteiger partial charge >= 0.3 is 0 Å². The zero-order valence-corrected chi connectivity index (χ0v) is 18.8. The topological polar surface area (TPSA) is 84.3 Å². The van der Waals surface area contributed by atoms with Gasteiger partial charge in [0, 0.05) is 24.7 Å². The molecule has 1 fully saturated rings. The molecule has 0 saturated carbocycles. The fraction of sp³-hybridized carbons (Fsp3) is 0.304. The smallest absolute Gasteiger partial charge is 0.257 e. The molecule has 1 aliphatic rings. The molecule has 0 radical (unpaired) electrons. The monoisotopic (exact) mass is 456 g/mol. The van der Waals surface area contributed by atoms with Crippen molar-refractivity contribution in [2.45, 2.75) is 38.0 Å². The van der Waals surface area contributed by atoms with E-state index >= 15 is 0 Å². The second-order valence-electron chi connectivity index (χ2n) is 7.93. The van der Waals surface area contributed by atoms with Crippen molar-refractivity contribution >= 4 is 21.7 Å². The third-order valence-corrected chi connectivity index (χ3v) is 7.45. The number of carbonyl (C=O) groups excluding carboxylic acids is 1. The highest BCUT2D eigenvalue weighted by Crippen LogP contribution is 2.25. The first-order valence-electron chi connectivity index (χ1n) is 10.5. The fourth-order valence-electron chi connectivity index (χ4n) is 3.84. The van der Waals surface area contributed by atoms with Gasteiger partial charge in [0.05, 0.1) is 10.6 Å². The Hall–Kier alpha value is -3.04. The van der Waals surface area contributed by atoms with Crippen molar-refractivity contribution in [1.82, 2.24) is 14.1 Å². The number of anilines is 1. The van der Waals surface area contributed by atoms with Crippen molar-refractivity contribution < 1.29 is 17.6 Å². The Morgan fingerprint density at radius 2 is 1.75 bits per heavy atom. The minimum atomic E-state index is -3.67. The summed E-state index contributed by atoms with van der Waals surface area (Å²) in [5.74, 6) is -0.672. The van der Waals surface area contributed by atoms with E-state index in [0.717, 1.165) is 19.3 Å². The Morgan fingerprint density at radius 3 is 2.47 bits per heavy atom. The van der Waals surface area contributed by atoms with E-state index in [4.69, 9.17) is 0 Å². The second-order valence-corrected chi connectivity index (χ2v) is 9.87. The molecule has 7 nitrogen and oxygen atoms in total. The number of carbonyl (C=O) groups is 1. The minimum Gasteiger partial charge on any atom is -0.306 e. The summed E-state index contributed by atoms with van der Waals surface area (Å²) in [6.07, 6.45) is 2.68. The third kappa shape index (κ3) is 4.31. The van der Waals surface area contributed by atoms with E-state index in [9.17, 15) is 17.6 Å². The quantitative estimate of drug-likeness (QED) is 0.628. The van der Waals surface area contributed by atoms with Crippen molar-refractivity contribution in [2.75, 3.05) is 18.4 Å². The van der Waals surface area contributed by atoms with Crippen LogP contribution in [0.3, 0.4) is 0 Å². The van der Waals surface area contributed by atoms with Gasteiger partial charge in [-0.1, -0.05) is 24.6 Å². The summed E-state index contributed by atoms with van der Waals surface area (Å²) in [5, 5.41) is 7.05. The lowest BCUT2D eigenvalue weighted by atomic mass is 10.1. The lowest BCUT2D eigenvalue weighted by Gasteiger charge is -2.26. The molecule has 3 aromatic rings. The first-order chi connectivity index (χ1) is 15.3. The van der Waals surface area contributed by atoms with Gasteiger partial charge in [0.2, 0.25) is 10.0 Å². The van der Waals surface area contributed by atoms with Crippen LogP contribution in [0.5, 0.6) is 0 Å². The maximum absolute atomic E-state index is 14.3. The van der Waals surface area contributed by atoms with Gasteiger partial charge in [-0.25, -0.2) is 17.5 Å². The lowest BCUT2D eigenvalue weighted by Crippen LogP contribution is -2.35. The Morgan fingerprint density at radius 1 is 1.03 bits per heavy atom. The molecular weight excluding hydrogens is 431 g/mol. The van der Waals surface area contributed by atoms with Crippen molar-refractivity contribution in [3.8, 4) is 5.69 Å². The number of nitrogens with zero attached hydrogens (tertiary/aromatic N) is 3. The Labute approximate surface area is 186 Å². The van der Waals surface area contributed by atoms with Crippen molar-refractivity contribution in [3.63, 3.8) is 0 Å². The predicted octanol–water partition coefficient (Wildman–Crippen LogP) is 4.06. The number of piperidine rings is 1. The number of aromatic nitrogens is 2. The molecule has 4 rings (SSSR count). The lowest BCUT2D eigenvalue weighted by molar-refractivity contribution is 0.102. The number of amides is 1. The number of rotatable bonds is 5. The number of nitrogens with one attached hydrogen (secondary N) is 1. The summed E-state index contributed by atoms with van der Waals surface area (Å²) in [4.78, 5) is 13.2. The number of halogens is 1. The van der Waals surface area contributed by atoms with Gasteiger partial charge < -0.3 is 5.32 Å². The van der Waals surface area contributed by atoms with Gasteiger partial charge in [-0.2, -0.15) is 9.40 Å². The highest BCUT2D eigenvalue weighted by Gasteiger charge is 2.27. The summed E-state index contributed by atoms with van der Waals surface area (Å²) in [5.41, 5.74) is 1.67. The van der Waals surface area contributed by atoms with E-state index in [2.05, 4.69) is 10.4 Å². The minimum absolute atomic E-state index is 0.0916.